The zero-order chi connectivity index (χ0) is 23.2. The molecule has 2 rings (SSSR count). The maximum atomic E-state index is 12.8. The molecule has 5 atom stereocenters. The van der Waals surface area contributed by atoms with E-state index in [1.165, 1.54) is 0 Å². The molecule has 0 unspecified atom stereocenters. The molecule has 0 bridgehead atoms. The highest BCUT2D eigenvalue weighted by molar-refractivity contribution is 5.89. The quantitative estimate of drug-likeness (QED) is 0.412. The molecule has 0 radical (unpaired) electrons. The Morgan fingerprint density at radius 3 is 2.55 bits per heavy atom. The minimum absolute atomic E-state index is 0.126. The van der Waals surface area contributed by atoms with Gasteiger partial charge in [0.15, 0.2) is 18.4 Å². The molecular formula is C23H39N2O6+. The topological polar surface area (TPSA) is 85.3 Å². The third-order valence-corrected chi connectivity index (χ3v) is 5.66. The van der Waals surface area contributed by atoms with Crippen LogP contribution >= 0.6 is 0 Å². The van der Waals surface area contributed by atoms with Crippen molar-refractivity contribution in [2.24, 2.45) is 5.92 Å². The van der Waals surface area contributed by atoms with E-state index in [1.54, 1.807) is 18.0 Å². The third kappa shape index (κ3) is 6.79. The number of carbonyl (C=O) groups excluding carboxylic acids is 2. The number of nitrogens with zero attached hydrogens (tertiary/aromatic N) is 2. The summed E-state index contributed by atoms with van der Waals surface area (Å²) in [5, 5.41) is 9.76. The van der Waals surface area contributed by atoms with E-state index in [-0.39, 0.29) is 37.0 Å². The number of aliphatic hydroxyl groups is 1. The SMILES string of the molecule is CCC(=O)O[C@@H]1[C@H](CC)[C@@H](CO)O[C@H]1N1C=CCC(C(=O)O[C@H](CC)C[N+](C)(C)C)=C1. The molecule has 2 heterocycles. The molecule has 8 nitrogen and oxygen atoms in total. The molecule has 0 saturated carbocycles. The first kappa shape index (κ1) is 25.4. The van der Waals surface area contributed by atoms with E-state index in [2.05, 4.69) is 21.1 Å². The number of carbonyl (C=O) groups is 2. The molecule has 0 amide bonds. The normalized spacial score (nSPS) is 27.1. The van der Waals surface area contributed by atoms with Crippen molar-refractivity contribution in [3.8, 4) is 0 Å². The van der Waals surface area contributed by atoms with Gasteiger partial charge in [0.2, 0.25) is 0 Å². The molecule has 0 aromatic rings. The Morgan fingerprint density at radius 2 is 2.00 bits per heavy atom. The molecule has 0 aliphatic carbocycles. The monoisotopic (exact) mass is 439 g/mol. The number of hydrogen-bond donors (Lipinski definition) is 1. The van der Waals surface area contributed by atoms with Crippen LogP contribution in [0.3, 0.4) is 0 Å². The molecule has 2 aliphatic heterocycles. The van der Waals surface area contributed by atoms with Gasteiger partial charge in [-0.15, -0.1) is 0 Å². The number of ether oxygens (including phenoxy) is 3. The second kappa shape index (κ2) is 11.1. The van der Waals surface area contributed by atoms with E-state index in [4.69, 9.17) is 14.2 Å². The summed E-state index contributed by atoms with van der Waals surface area (Å²) in [6, 6.07) is 0. The zero-order valence-electron chi connectivity index (χ0n) is 19.7. The predicted octanol–water partition coefficient (Wildman–Crippen LogP) is 2.18. The second-order valence-corrected chi connectivity index (χ2v) is 9.23. The first-order valence-electron chi connectivity index (χ1n) is 11.2. The van der Waals surface area contributed by atoms with Gasteiger partial charge in [0.05, 0.1) is 39.4 Å². The summed E-state index contributed by atoms with van der Waals surface area (Å²) in [5.74, 6) is -0.787. The molecule has 0 spiro atoms. The van der Waals surface area contributed by atoms with Crippen molar-refractivity contribution in [2.75, 3.05) is 34.3 Å². The second-order valence-electron chi connectivity index (χ2n) is 9.23. The first-order valence-corrected chi connectivity index (χ1v) is 11.2. The van der Waals surface area contributed by atoms with Crippen LogP contribution in [-0.4, -0.2) is 85.3 Å². The maximum Gasteiger partial charge on any atom is 0.336 e. The molecule has 1 fully saturated rings. The van der Waals surface area contributed by atoms with Gasteiger partial charge in [-0.1, -0.05) is 26.8 Å². The average molecular weight is 440 g/mol. The fourth-order valence-corrected chi connectivity index (χ4v) is 4.03. The van der Waals surface area contributed by atoms with E-state index in [1.807, 2.05) is 26.1 Å². The summed E-state index contributed by atoms with van der Waals surface area (Å²) in [7, 11) is 6.20. The lowest BCUT2D eigenvalue weighted by Gasteiger charge is -2.32. The summed E-state index contributed by atoms with van der Waals surface area (Å²) in [6.07, 6.45) is 5.82. The molecule has 2 aliphatic rings. The van der Waals surface area contributed by atoms with E-state index < -0.39 is 18.4 Å². The lowest BCUT2D eigenvalue weighted by atomic mass is 9.95. The summed E-state index contributed by atoms with van der Waals surface area (Å²) in [6.45, 7) is 6.30. The van der Waals surface area contributed by atoms with Crippen molar-refractivity contribution in [3.05, 3.63) is 24.0 Å². The number of aliphatic hydroxyl groups excluding tert-OH is 1. The molecule has 8 heteroatoms. The number of esters is 2. The van der Waals surface area contributed by atoms with Gasteiger partial charge in [-0.25, -0.2) is 4.79 Å². The van der Waals surface area contributed by atoms with Gasteiger partial charge < -0.3 is 28.7 Å². The van der Waals surface area contributed by atoms with Gasteiger partial charge in [0, 0.05) is 31.2 Å². The third-order valence-electron chi connectivity index (χ3n) is 5.66. The number of quaternary nitrogens is 1. The fraction of sp³-hybridized carbons (Fsp3) is 0.739. The van der Waals surface area contributed by atoms with Crippen LogP contribution in [0.25, 0.3) is 0 Å². The smallest absolute Gasteiger partial charge is 0.336 e. The van der Waals surface area contributed by atoms with Gasteiger partial charge in [-0.3, -0.25) is 4.79 Å². The van der Waals surface area contributed by atoms with Crippen LogP contribution in [0.15, 0.2) is 24.0 Å². The van der Waals surface area contributed by atoms with Crippen molar-refractivity contribution in [3.63, 3.8) is 0 Å². The highest BCUT2D eigenvalue weighted by Gasteiger charge is 2.47. The standard InChI is InChI=1S/C23H39N2O6/c1-7-17(14-25(4,5)6)29-23(28)16-11-10-12-24(13-16)22-21(31-20(27)9-3)18(8-2)19(15-26)30-22/h10,12-13,17-19,21-22,26H,7-9,11,14-15H2,1-6H3/q+1/t17-,18-,19-,21-,22-/m1/s1. The van der Waals surface area contributed by atoms with E-state index in [9.17, 15) is 14.7 Å². The van der Waals surface area contributed by atoms with Crippen molar-refractivity contribution in [1.82, 2.24) is 4.90 Å². The number of likely N-dealkylation sites (N-methyl/N-ethyl adjacent to an activating group) is 1. The summed E-state index contributed by atoms with van der Waals surface area (Å²) < 4.78 is 18.2. The zero-order valence-corrected chi connectivity index (χ0v) is 19.7. The summed E-state index contributed by atoms with van der Waals surface area (Å²) in [4.78, 5) is 26.6. The van der Waals surface area contributed by atoms with Gasteiger partial charge in [0.25, 0.3) is 0 Å². The first-order chi connectivity index (χ1) is 14.6. The van der Waals surface area contributed by atoms with Crippen molar-refractivity contribution in [2.45, 2.75) is 71.0 Å². The summed E-state index contributed by atoms with van der Waals surface area (Å²) >= 11 is 0. The summed E-state index contributed by atoms with van der Waals surface area (Å²) in [5.41, 5.74) is 0.520. The molecule has 31 heavy (non-hydrogen) atoms. The Bertz CT molecular complexity index is 684. The van der Waals surface area contributed by atoms with Crippen LogP contribution < -0.4 is 0 Å². The lowest BCUT2D eigenvalue weighted by Crippen LogP contribution is -2.43. The Kier molecular flexibility index (Phi) is 9.09. The van der Waals surface area contributed by atoms with E-state index in [0.717, 1.165) is 13.0 Å². The van der Waals surface area contributed by atoms with Crippen molar-refractivity contribution >= 4 is 11.9 Å². The Morgan fingerprint density at radius 1 is 1.29 bits per heavy atom. The number of rotatable bonds is 10. The van der Waals surface area contributed by atoms with Crippen LogP contribution in [0.1, 0.15) is 46.5 Å². The minimum Gasteiger partial charge on any atom is -0.457 e. The molecule has 0 aromatic heterocycles. The Balaban J connectivity index is 2.18. The molecule has 176 valence electrons. The predicted molar refractivity (Wildman–Crippen MR) is 116 cm³/mol. The Hall–Kier alpha value is -1.90. The number of allylic oxidation sites excluding steroid dienone is 1. The van der Waals surface area contributed by atoms with Crippen molar-refractivity contribution < 1.29 is 33.4 Å². The highest BCUT2D eigenvalue weighted by Crippen LogP contribution is 2.35. The van der Waals surface area contributed by atoms with Crippen LogP contribution in [-0.2, 0) is 23.8 Å². The van der Waals surface area contributed by atoms with Crippen LogP contribution in [0.5, 0.6) is 0 Å². The molecule has 1 N–H and O–H groups in total. The maximum absolute atomic E-state index is 12.8. The van der Waals surface area contributed by atoms with Crippen molar-refractivity contribution in [1.29, 1.82) is 0 Å². The van der Waals surface area contributed by atoms with Gasteiger partial charge in [-0.05, 0) is 12.8 Å². The van der Waals surface area contributed by atoms with Gasteiger partial charge in [-0.2, -0.15) is 0 Å². The lowest BCUT2D eigenvalue weighted by molar-refractivity contribution is -0.873. The van der Waals surface area contributed by atoms with Crippen LogP contribution in [0, 0.1) is 5.92 Å². The molecule has 0 aromatic carbocycles. The van der Waals surface area contributed by atoms with E-state index >= 15 is 0 Å². The van der Waals surface area contributed by atoms with Gasteiger partial charge in [0.1, 0.15) is 6.54 Å². The van der Waals surface area contributed by atoms with E-state index in [0.29, 0.717) is 22.9 Å². The highest BCUT2D eigenvalue weighted by atomic mass is 16.6. The molecular weight excluding hydrogens is 400 g/mol. The van der Waals surface area contributed by atoms with Crippen LogP contribution in [0.2, 0.25) is 0 Å². The fourth-order valence-electron chi connectivity index (χ4n) is 4.03. The number of hydrogen-bond acceptors (Lipinski definition) is 7. The Labute approximate surface area is 186 Å². The average Bonchev–Trinajstić information content (AvgIpc) is 3.09. The largest absolute Gasteiger partial charge is 0.457 e. The minimum atomic E-state index is -0.606. The van der Waals surface area contributed by atoms with Gasteiger partial charge >= 0.3 is 11.9 Å². The van der Waals surface area contributed by atoms with Crippen LogP contribution in [0.4, 0.5) is 0 Å². The molecule has 1 saturated heterocycles.